The highest BCUT2D eigenvalue weighted by Crippen LogP contribution is 2.03. The van der Waals surface area contributed by atoms with Gasteiger partial charge in [0.05, 0.1) is 23.6 Å². The molecule has 1 aromatic heterocycles. The van der Waals surface area contributed by atoms with E-state index in [0.717, 1.165) is 11.4 Å². The average Bonchev–Trinajstić information content (AvgIpc) is 2.16. The highest BCUT2D eigenvalue weighted by Gasteiger charge is 2.10. The van der Waals surface area contributed by atoms with Crippen LogP contribution in [0.3, 0.4) is 0 Å². The number of rotatable bonds is 4. The first-order valence-electron chi connectivity index (χ1n) is 4.94. The van der Waals surface area contributed by atoms with E-state index in [0.29, 0.717) is 6.54 Å². The molecule has 0 saturated carbocycles. The number of nitrogens with zero attached hydrogens (tertiary/aromatic N) is 2. The first-order chi connectivity index (χ1) is 7.49. The van der Waals surface area contributed by atoms with E-state index in [1.54, 1.807) is 11.9 Å². The van der Waals surface area contributed by atoms with Gasteiger partial charge in [-0.1, -0.05) is 18.3 Å². The molecule has 16 heavy (non-hydrogen) atoms. The molecule has 0 atom stereocenters. The van der Waals surface area contributed by atoms with Gasteiger partial charge < -0.3 is 10.6 Å². The van der Waals surface area contributed by atoms with Crippen LogP contribution in [-0.4, -0.2) is 27.8 Å². The van der Waals surface area contributed by atoms with Crippen LogP contribution in [0.1, 0.15) is 17.8 Å². The van der Waals surface area contributed by atoms with Crippen molar-refractivity contribution < 1.29 is 4.79 Å². The molecule has 0 aromatic carbocycles. The number of thiocarbonyl (C=S) groups is 1. The largest absolute Gasteiger partial charge is 0.393 e. The summed E-state index contributed by atoms with van der Waals surface area (Å²) in [5, 5.41) is 0. The molecule has 1 aromatic rings. The van der Waals surface area contributed by atoms with Crippen LogP contribution in [0.25, 0.3) is 0 Å². The fraction of sp³-hybridized carbons (Fsp3) is 0.364. The highest BCUT2D eigenvalue weighted by atomic mass is 32.1. The molecule has 1 heterocycles. The molecule has 1 rings (SSSR count). The Morgan fingerprint density at radius 1 is 1.56 bits per heavy atom. The van der Waals surface area contributed by atoms with Crippen molar-refractivity contribution in [3.8, 4) is 0 Å². The van der Waals surface area contributed by atoms with Crippen molar-refractivity contribution in [2.24, 2.45) is 5.73 Å². The predicted octanol–water partition coefficient (Wildman–Crippen LogP) is 1.02. The van der Waals surface area contributed by atoms with Crippen molar-refractivity contribution in [3.05, 3.63) is 29.6 Å². The van der Waals surface area contributed by atoms with Crippen molar-refractivity contribution in [1.29, 1.82) is 0 Å². The fourth-order valence-electron chi connectivity index (χ4n) is 1.30. The molecule has 0 aliphatic rings. The van der Waals surface area contributed by atoms with Crippen molar-refractivity contribution in [2.45, 2.75) is 19.9 Å². The van der Waals surface area contributed by atoms with Gasteiger partial charge in [0.15, 0.2) is 0 Å². The van der Waals surface area contributed by atoms with Gasteiger partial charge in [0.1, 0.15) is 0 Å². The Labute approximate surface area is 100 Å². The van der Waals surface area contributed by atoms with Crippen molar-refractivity contribution in [3.63, 3.8) is 0 Å². The van der Waals surface area contributed by atoms with Gasteiger partial charge in [-0.2, -0.15) is 0 Å². The van der Waals surface area contributed by atoms with Crippen LogP contribution < -0.4 is 5.73 Å². The Kier molecular flexibility index (Phi) is 4.37. The smallest absolute Gasteiger partial charge is 0.229 e. The Morgan fingerprint density at radius 3 is 2.81 bits per heavy atom. The van der Waals surface area contributed by atoms with Crippen LogP contribution in [0.4, 0.5) is 0 Å². The SMILES string of the molecule is Cc1cccc(CN(C)C(=O)CC(N)=S)n1. The van der Waals surface area contributed by atoms with Crippen molar-refractivity contribution in [1.82, 2.24) is 9.88 Å². The van der Waals surface area contributed by atoms with Gasteiger partial charge in [-0.25, -0.2) is 0 Å². The molecule has 0 bridgehead atoms. The summed E-state index contributed by atoms with van der Waals surface area (Å²) in [5.41, 5.74) is 7.11. The number of aryl methyl sites for hydroxylation is 1. The molecule has 1 amide bonds. The summed E-state index contributed by atoms with van der Waals surface area (Å²) in [6, 6.07) is 5.72. The molecule has 0 aliphatic carbocycles. The molecule has 0 fully saturated rings. The summed E-state index contributed by atoms with van der Waals surface area (Å²) < 4.78 is 0. The molecular weight excluding hydrogens is 222 g/mol. The second-order valence-corrected chi connectivity index (χ2v) is 4.19. The zero-order valence-electron chi connectivity index (χ0n) is 9.43. The van der Waals surface area contributed by atoms with Crippen LogP contribution in [-0.2, 0) is 11.3 Å². The lowest BCUT2D eigenvalue weighted by molar-refractivity contribution is -0.129. The molecule has 2 N–H and O–H groups in total. The maximum Gasteiger partial charge on any atom is 0.229 e. The number of carbonyl (C=O) groups excluding carboxylic acids is 1. The lowest BCUT2D eigenvalue weighted by Gasteiger charge is -2.16. The van der Waals surface area contributed by atoms with Gasteiger partial charge in [0, 0.05) is 12.7 Å². The number of aromatic nitrogens is 1. The van der Waals surface area contributed by atoms with Crippen molar-refractivity contribution in [2.75, 3.05) is 7.05 Å². The second-order valence-electron chi connectivity index (χ2n) is 3.66. The van der Waals surface area contributed by atoms with E-state index >= 15 is 0 Å². The van der Waals surface area contributed by atoms with Crippen LogP contribution in [0.15, 0.2) is 18.2 Å². The lowest BCUT2D eigenvalue weighted by Crippen LogP contribution is -2.30. The van der Waals surface area contributed by atoms with E-state index in [2.05, 4.69) is 4.98 Å². The van der Waals surface area contributed by atoms with Crippen molar-refractivity contribution >= 4 is 23.1 Å². The molecule has 0 aliphatic heterocycles. The maximum atomic E-state index is 11.6. The summed E-state index contributed by atoms with van der Waals surface area (Å²) in [5.74, 6) is -0.0872. The van der Waals surface area contributed by atoms with E-state index in [-0.39, 0.29) is 17.3 Å². The third-order valence-corrected chi connectivity index (χ3v) is 2.24. The Bertz CT molecular complexity index is 406. The van der Waals surface area contributed by atoms with Crippen LogP contribution >= 0.6 is 12.2 Å². The minimum absolute atomic E-state index is 0.0872. The van der Waals surface area contributed by atoms with Crippen LogP contribution in [0.2, 0.25) is 0 Å². The number of amides is 1. The first-order valence-corrected chi connectivity index (χ1v) is 5.34. The zero-order valence-corrected chi connectivity index (χ0v) is 10.3. The number of carbonyl (C=O) groups is 1. The molecule has 0 unspecified atom stereocenters. The van der Waals surface area contributed by atoms with E-state index < -0.39 is 0 Å². The summed E-state index contributed by atoms with van der Waals surface area (Å²) in [6.45, 7) is 2.39. The normalized spacial score (nSPS) is 9.88. The molecule has 5 heteroatoms. The van der Waals surface area contributed by atoms with Crippen LogP contribution in [0, 0.1) is 6.92 Å². The fourth-order valence-corrected chi connectivity index (χ4v) is 1.43. The van der Waals surface area contributed by atoms with E-state index in [1.807, 2.05) is 25.1 Å². The highest BCUT2D eigenvalue weighted by molar-refractivity contribution is 7.80. The predicted molar refractivity (Wildman–Crippen MR) is 66.9 cm³/mol. The summed E-state index contributed by atoms with van der Waals surface area (Å²) in [6.07, 6.45) is 0.109. The number of nitrogens with two attached hydrogens (primary N) is 1. The third kappa shape index (κ3) is 3.94. The lowest BCUT2D eigenvalue weighted by atomic mass is 10.3. The first kappa shape index (κ1) is 12.6. The second kappa shape index (κ2) is 5.55. The molecular formula is C11H15N3OS. The minimum Gasteiger partial charge on any atom is -0.393 e. The van der Waals surface area contributed by atoms with Gasteiger partial charge >= 0.3 is 0 Å². The number of pyridine rings is 1. The van der Waals surface area contributed by atoms with Gasteiger partial charge in [-0.15, -0.1) is 0 Å². The molecule has 0 saturated heterocycles. The molecule has 86 valence electrons. The summed E-state index contributed by atoms with van der Waals surface area (Å²) in [4.78, 5) is 17.7. The Morgan fingerprint density at radius 2 is 2.25 bits per heavy atom. The maximum absolute atomic E-state index is 11.6. The van der Waals surface area contributed by atoms with Crippen LogP contribution in [0.5, 0.6) is 0 Å². The topological polar surface area (TPSA) is 59.2 Å². The van der Waals surface area contributed by atoms with E-state index in [1.165, 1.54) is 0 Å². The average molecular weight is 237 g/mol. The summed E-state index contributed by atoms with van der Waals surface area (Å²) in [7, 11) is 1.71. The van der Waals surface area contributed by atoms with E-state index in [9.17, 15) is 4.79 Å². The Hall–Kier alpha value is -1.49. The van der Waals surface area contributed by atoms with Gasteiger partial charge in [0.25, 0.3) is 0 Å². The standard InChI is InChI=1S/C11H15N3OS/c1-8-4-3-5-9(13-8)7-14(2)11(15)6-10(12)16/h3-5H,6-7H2,1-2H3,(H2,12,16). The Balaban J connectivity index is 2.60. The number of hydrogen-bond acceptors (Lipinski definition) is 3. The zero-order chi connectivity index (χ0) is 12.1. The number of hydrogen-bond donors (Lipinski definition) is 1. The van der Waals surface area contributed by atoms with E-state index in [4.69, 9.17) is 18.0 Å². The summed E-state index contributed by atoms with van der Waals surface area (Å²) >= 11 is 4.69. The van der Waals surface area contributed by atoms with Gasteiger partial charge in [-0.3, -0.25) is 9.78 Å². The monoisotopic (exact) mass is 237 g/mol. The van der Waals surface area contributed by atoms with Gasteiger partial charge in [0.2, 0.25) is 5.91 Å². The molecule has 0 spiro atoms. The van der Waals surface area contributed by atoms with Gasteiger partial charge in [-0.05, 0) is 19.1 Å². The quantitative estimate of drug-likeness (QED) is 0.794. The molecule has 4 nitrogen and oxygen atoms in total. The minimum atomic E-state index is -0.0872. The third-order valence-electron chi connectivity index (χ3n) is 2.10. The molecule has 0 radical (unpaired) electrons.